The Balaban J connectivity index is 2.07. The zero-order valence-corrected chi connectivity index (χ0v) is 11.6. The van der Waals surface area contributed by atoms with Gasteiger partial charge in [0.2, 0.25) is 0 Å². The van der Waals surface area contributed by atoms with Gasteiger partial charge in [-0.3, -0.25) is 4.79 Å². The fourth-order valence-electron chi connectivity index (χ4n) is 1.80. The Hall–Kier alpha value is -1.51. The Morgan fingerprint density at radius 2 is 1.53 bits per heavy atom. The fourth-order valence-corrected chi connectivity index (χ4v) is 2.33. The molecular weight excluding hydrogens is 283 g/mol. The van der Waals surface area contributed by atoms with Crippen molar-refractivity contribution in [1.82, 2.24) is 0 Å². The van der Waals surface area contributed by atoms with E-state index in [9.17, 15) is 9.90 Å². The van der Waals surface area contributed by atoms with Gasteiger partial charge in [-0.2, -0.15) is 0 Å². The molecule has 0 saturated carbocycles. The molecule has 0 amide bonds. The van der Waals surface area contributed by atoms with Gasteiger partial charge in [0.05, 0.1) is 0 Å². The van der Waals surface area contributed by atoms with Crippen molar-refractivity contribution >= 4 is 29.0 Å². The van der Waals surface area contributed by atoms with Crippen molar-refractivity contribution in [1.29, 1.82) is 0 Å². The van der Waals surface area contributed by atoms with Crippen LogP contribution in [0.5, 0.6) is 5.75 Å². The molecule has 1 N–H and O–H groups in total. The van der Waals surface area contributed by atoms with Gasteiger partial charge in [0.25, 0.3) is 0 Å². The van der Waals surface area contributed by atoms with E-state index in [-0.39, 0.29) is 18.0 Å². The number of carbonyl (C=O) groups excluding carboxylic acids is 1. The number of carbonyl (C=O) groups is 1. The van der Waals surface area contributed by atoms with Crippen LogP contribution in [0.25, 0.3) is 0 Å². The average Bonchev–Trinajstić information content (AvgIpc) is 2.37. The molecule has 2 rings (SSSR count). The highest BCUT2D eigenvalue weighted by Crippen LogP contribution is 2.25. The highest BCUT2D eigenvalue weighted by molar-refractivity contribution is 6.36. The predicted octanol–water partition coefficient (Wildman–Crippen LogP) is 4.05. The summed E-state index contributed by atoms with van der Waals surface area (Å²) in [6.07, 6.45) is 0.501. The van der Waals surface area contributed by atoms with Crippen LogP contribution in [0.4, 0.5) is 0 Å². The SMILES string of the molecule is O=C(Cc1ccc(O)cc1)Cc1c(Cl)cccc1Cl. The highest BCUT2D eigenvalue weighted by Gasteiger charge is 2.11. The number of rotatable bonds is 4. The van der Waals surface area contributed by atoms with Crippen LogP contribution < -0.4 is 0 Å². The fraction of sp³-hybridized carbons (Fsp3) is 0.133. The molecule has 2 nitrogen and oxygen atoms in total. The Bertz CT molecular complexity index is 571. The van der Waals surface area contributed by atoms with Crippen molar-refractivity contribution in [2.75, 3.05) is 0 Å². The molecule has 2 aromatic rings. The molecule has 0 radical (unpaired) electrons. The van der Waals surface area contributed by atoms with Gasteiger partial charge in [0.15, 0.2) is 0 Å². The monoisotopic (exact) mass is 294 g/mol. The number of phenolic OH excluding ortho intramolecular Hbond substituents is 1. The zero-order chi connectivity index (χ0) is 13.8. The van der Waals surface area contributed by atoms with Crippen LogP contribution in [-0.2, 0) is 17.6 Å². The van der Waals surface area contributed by atoms with E-state index in [0.29, 0.717) is 22.0 Å². The lowest BCUT2D eigenvalue weighted by Crippen LogP contribution is -2.07. The van der Waals surface area contributed by atoms with Gasteiger partial charge in [0.1, 0.15) is 11.5 Å². The van der Waals surface area contributed by atoms with E-state index in [4.69, 9.17) is 23.2 Å². The van der Waals surface area contributed by atoms with Gasteiger partial charge in [0, 0.05) is 22.9 Å². The summed E-state index contributed by atoms with van der Waals surface area (Å²) >= 11 is 12.1. The third-order valence-electron chi connectivity index (χ3n) is 2.77. The number of Topliss-reactive ketones (excluding diaryl/α,β-unsaturated/α-hetero) is 1. The average molecular weight is 295 g/mol. The zero-order valence-electron chi connectivity index (χ0n) is 10.1. The molecule has 98 valence electrons. The van der Waals surface area contributed by atoms with Crippen LogP contribution in [0, 0.1) is 0 Å². The molecule has 0 aromatic heterocycles. The minimum Gasteiger partial charge on any atom is -0.508 e. The maximum atomic E-state index is 12.0. The van der Waals surface area contributed by atoms with Gasteiger partial charge < -0.3 is 5.11 Å². The van der Waals surface area contributed by atoms with E-state index < -0.39 is 0 Å². The summed E-state index contributed by atoms with van der Waals surface area (Å²) in [5.41, 5.74) is 1.51. The molecule has 0 atom stereocenters. The number of ketones is 1. The molecule has 0 saturated heterocycles. The molecule has 0 fully saturated rings. The summed E-state index contributed by atoms with van der Waals surface area (Å²) in [6.45, 7) is 0. The van der Waals surface area contributed by atoms with E-state index in [1.54, 1.807) is 42.5 Å². The standard InChI is InChI=1S/C15H12Cl2O2/c16-14-2-1-3-15(17)13(14)9-12(19)8-10-4-6-11(18)7-5-10/h1-7,18H,8-9H2. The molecule has 19 heavy (non-hydrogen) atoms. The van der Waals surface area contributed by atoms with Gasteiger partial charge >= 0.3 is 0 Å². The van der Waals surface area contributed by atoms with Crippen LogP contribution >= 0.6 is 23.2 Å². The Labute approximate surface area is 121 Å². The molecule has 4 heteroatoms. The largest absolute Gasteiger partial charge is 0.508 e. The summed E-state index contributed by atoms with van der Waals surface area (Å²) in [4.78, 5) is 12.0. The maximum absolute atomic E-state index is 12.0. The Morgan fingerprint density at radius 3 is 2.11 bits per heavy atom. The number of benzene rings is 2. The van der Waals surface area contributed by atoms with Crippen LogP contribution in [0.2, 0.25) is 10.0 Å². The topological polar surface area (TPSA) is 37.3 Å². The Kier molecular flexibility index (Phi) is 4.46. The van der Waals surface area contributed by atoms with E-state index >= 15 is 0 Å². The van der Waals surface area contributed by atoms with Crippen molar-refractivity contribution in [3.63, 3.8) is 0 Å². The molecule has 0 bridgehead atoms. The number of phenols is 1. The predicted molar refractivity (Wildman–Crippen MR) is 77.0 cm³/mol. The second-order valence-corrected chi connectivity index (χ2v) is 5.07. The molecule has 0 spiro atoms. The van der Waals surface area contributed by atoms with Crippen molar-refractivity contribution in [2.24, 2.45) is 0 Å². The smallest absolute Gasteiger partial charge is 0.141 e. The molecule has 0 aliphatic carbocycles. The molecule has 0 aliphatic rings. The number of hydrogen-bond acceptors (Lipinski definition) is 2. The maximum Gasteiger partial charge on any atom is 0.141 e. The van der Waals surface area contributed by atoms with Crippen LogP contribution in [-0.4, -0.2) is 10.9 Å². The normalized spacial score (nSPS) is 10.4. The van der Waals surface area contributed by atoms with Crippen molar-refractivity contribution < 1.29 is 9.90 Å². The molecule has 2 aromatic carbocycles. The molecule has 0 unspecified atom stereocenters. The van der Waals surface area contributed by atoms with Crippen molar-refractivity contribution in [3.05, 3.63) is 63.6 Å². The number of aromatic hydroxyl groups is 1. The first kappa shape index (κ1) is 13.9. The van der Waals surface area contributed by atoms with Gasteiger partial charge in [-0.25, -0.2) is 0 Å². The summed E-state index contributed by atoms with van der Waals surface area (Å²) in [5.74, 6) is 0.214. The van der Waals surface area contributed by atoms with Gasteiger partial charge in [-0.15, -0.1) is 0 Å². The lowest BCUT2D eigenvalue weighted by Gasteiger charge is -2.06. The summed E-state index contributed by atoms with van der Waals surface area (Å²) in [6, 6.07) is 11.8. The first-order chi connectivity index (χ1) is 9.06. The second-order valence-electron chi connectivity index (χ2n) is 4.26. The van der Waals surface area contributed by atoms with E-state index in [1.165, 1.54) is 0 Å². The van der Waals surface area contributed by atoms with Crippen LogP contribution in [0.3, 0.4) is 0 Å². The Morgan fingerprint density at radius 1 is 0.947 bits per heavy atom. The van der Waals surface area contributed by atoms with Crippen LogP contribution in [0.15, 0.2) is 42.5 Å². The lowest BCUT2D eigenvalue weighted by molar-refractivity contribution is -0.117. The van der Waals surface area contributed by atoms with Gasteiger partial charge in [-0.1, -0.05) is 41.4 Å². The van der Waals surface area contributed by atoms with Crippen molar-refractivity contribution in [2.45, 2.75) is 12.8 Å². The number of hydrogen-bond donors (Lipinski definition) is 1. The second kappa shape index (κ2) is 6.09. The third kappa shape index (κ3) is 3.72. The molecule has 0 aliphatic heterocycles. The number of halogens is 2. The third-order valence-corrected chi connectivity index (χ3v) is 3.48. The van der Waals surface area contributed by atoms with Gasteiger partial charge in [-0.05, 0) is 35.4 Å². The van der Waals surface area contributed by atoms with Crippen molar-refractivity contribution in [3.8, 4) is 5.75 Å². The van der Waals surface area contributed by atoms with E-state index in [0.717, 1.165) is 5.56 Å². The first-order valence-electron chi connectivity index (χ1n) is 5.79. The van der Waals surface area contributed by atoms with E-state index in [1.807, 2.05) is 0 Å². The lowest BCUT2D eigenvalue weighted by atomic mass is 10.0. The summed E-state index contributed by atoms with van der Waals surface area (Å²) in [7, 11) is 0. The highest BCUT2D eigenvalue weighted by atomic mass is 35.5. The quantitative estimate of drug-likeness (QED) is 0.923. The minimum atomic E-state index is 0.0284. The molecule has 0 heterocycles. The molecular formula is C15H12Cl2O2. The van der Waals surface area contributed by atoms with Crippen LogP contribution in [0.1, 0.15) is 11.1 Å². The minimum absolute atomic E-state index is 0.0284. The first-order valence-corrected chi connectivity index (χ1v) is 6.54. The van der Waals surface area contributed by atoms with E-state index in [2.05, 4.69) is 0 Å². The summed E-state index contributed by atoms with van der Waals surface area (Å²) < 4.78 is 0. The summed E-state index contributed by atoms with van der Waals surface area (Å²) in [5, 5.41) is 10.2.